The summed E-state index contributed by atoms with van der Waals surface area (Å²) >= 11 is 0. The summed E-state index contributed by atoms with van der Waals surface area (Å²) in [6.07, 6.45) is 0. The Bertz CT molecular complexity index is 42.9. The van der Waals surface area contributed by atoms with E-state index in [0.717, 1.165) is 0 Å². The van der Waals surface area contributed by atoms with Gasteiger partial charge in [-0.2, -0.15) is 5.90 Å². The Morgan fingerprint density at radius 3 is 2.00 bits per heavy atom. The van der Waals surface area contributed by atoms with Crippen LogP contribution in [0.1, 0.15) is 0 Å². The number of hydrogen-bond donors (Lipinski definition) is 2. The quantitative estimate of drug-likeness (QED) is 0.339. The maximum Gasteiger partial charge on any atom is 0.628 e. The third-order valence-corrected chi connectivity index (χ3v) is 0.312. The van der Waals surface area contributed by atoms with Crippen molar-refractivity contribution in [1.82, 2.24) is 0 Å². The molecule has 0 saturated heterocycles. The molecule has 0 rings (SSSR count). The van der Waals surface area contributed by atoms with Gasteiger partial charge in [-0.05, 0) is 9.19 Å². The molecule has 0 aromatic heterocycles. The minimum atomic E-state index is -2.07. The van der Waals surface area contributed by atoms with Gasteiger partial charge in [0.1, 0.15) is 0 Å². The van der Waals surface area contributed by atoms with E-state index in [1.807, 2.05) is 0 Å². The standard InChI is InChI=1S/H4N2O2P/c1-4-5(2)3/h1H2,(H2,2,3)/q+1. The van der Waals surface area contributed by atoms with Crippen molar-refractivity contribution in [3.8, 4) is 0 Å². The first-order valence-corrected chi connectivity index (χ1v) is 2.11. The van der Waals surface area contributed by atoms with Crippen molar-refractivity contribution in [1.29, 1.82) is 0 Å². The zero-order valence-corrected chi connectivity index (χ0v) is 3.31. The van der Waals surface area contributed by atoms with Crippen molar-refractivity contribution < 1.29 is 9.19 Å². The fourth-order valence-corrected chi connectivity index (χ4v) is 0. The molecule has 1 unspecified atom stereocenters. The van der Waals surface area contributed by atoms with Crippen LogP contribution in [0.15, 0.2) is 0 Å². The van der Waals surface area contributed by atoms with Gasteiger partial charge in [0.05, 0.1) is 0 Å². The lowest BCUT2D eigenvalue weighted by Crippen LogP contribution is -1.91. The van der Waals surface area contributed by atoms with Crippen LogP contribution in [-0.2, 0) is 9.19 Å². The smallest absolute Gasteiger partial charge is 0.163 e. The molecule has 0 fully saturated rings. The van der Waals surface area contributed by atoms with Crippen LogP contribution in [-0.4, -0.2) is 0 Å². The van der Waals surface area contributed by atoms with E-state index in [-0.39, 0.29) is 0 Å². The second-order valence-corrected chi connectivity index (χ2v) is 1.17. The summed E-state index contributed by atoms with van der Waals surface area (Å²) in [6.45, 7) is 0. The summed E-state index contributed by atoms with van der Waals surface area (Å²) in [4.78, 5) is 0. The molecular weight excluding hydrogens is 91.0 g/mol. The summed E-state index contributed by atoms with van der Waals surface area (Å²) in [6, 6.07) is 0. The van der Waals surface area contributed by atoms with Crippen LogP contribution >= 0.6 is 8.18 Å². The molecule has 0 aliphatic carbocycles. The highest BCUT2D eigenvalue weighted by Gasteiger charge is 2.00. The van der Waals surface area contributed by atoms with E-state index in [2.05, 4.69) is 16.0 Å². The summed E-state index contributed by atoms with van der Waals surface area (Å²) in [5.74, 6) is 4.26. The lowest BCUT2D eigenvalue weighted by Gasteiger charge is -1.57. The van der Waals surface area contributed by atoms with Gasteiger partial charge in [-0.25, -0.2) is 0 Å². The summed E-state index contributed by atoms with van der Waals surface area (Å²) in [5, 5.41) is 0. The highest BCUT2D eigenvalue weighted by atomic mass is 31.1. The summed E-state index contributed by atoms with van der Waals surface area (Å²) in [5.41, 5.74) is 4.45. The van der Waals surface area contributed by atoms with Gasteiger partial charge in [0.25, 0.3) is 0 Å². The van der Waals surface area contributed by atoms with Gasteiger partial charge in [-0.15, -0.1) is 0 Å². The summed E-state index contributed by atoms with van der Waals surface area (Å²) < 4.78 is 12.9. The van der Waals surface area contributed by atoms with Crippen molar-refractivity contribution >= 4 is 8.18 Å². The predicted octanol–water partition coefficient (Wildman–Crippen LogP) is -0.507. The minimum absolute atomic E-state index is 2.07. The molecule has 0 saturated carbocycles. The average Bonchev–Trinajstić information content (AvgIpc) is 1.38. The summed E-state index contributed by atoms with van der Waals surface area (Å²) in [7, 11) is -2.07. The Kier molecular flexibility index (Phi) is 2.22. The van der Waals surface area contributed by atoms with E-state index in [0.29, 0.717) is 0 Å². The molecular formula is H4N2O2P+. The molecule has 4 N–H and O–H groups in total. The zero-order chi connectivity index (χ0) is 4.28. The zero-order valence-electron chi connectivity index (χ0n) is 2.42. The third-order valence-electron chi connectivity index (χ3n) is 0.104. The van der Waals surface area contributed by atoms with Crippen molar-refractivity contribution in [3.63, 3.8) is 0 Å². The van der Waals surface area contributed by atoms with Crippen LogP contribution in [0.4, 0.5) is 0 Å². The van der Waals surface area contributed by atoms with E-state index >= 15 is 0 Å². The maximum absolute atomic E-state index is 9.39. The largest absolute Gasteiger partial charge is 0.628 e. The number of hydrogen-bond acceptors (Lipinski definition) is 3. The van der Waals surface area contributed by atoms with Gasteiger partial charge >= 0.3 is 8.18 Å². The van der Waals surface area contributed by atoms with Gasteiger partial charge in [-0.1, -0.05) is 5.50 Å². The van der Waals surface area contributed by atoms with Crippen molar-refractivity contribution in [3.05, 3.63) is 0 Å². The Balaban J connectivity index is 2.85. The number of nitrogens with two attached hydrogens (primary N) is 2. The van der Waals surface area contributed by atoms with Gasteiger partial charge in [0.15, 0.2) is 0 Å². The van der Waals surface area contributed by atoms with Crippen LogP contribution in [0.5, 0.6) is 0 Å². The second-order valence-electron chi connectivity index (χ2n) is 0.391. The van der Waals surface area contributed by atoms with E-state index in [1.54, 1.807) is 0 Å². The molecule has 0 radical (unpaired) electrons. The fourth-order valence-electron chi connectivity index (χ4n) is 0. The molecule has 0 bridgehead atoms. The molecule has 5 heteroatoms. The molecule has 0 spiro atoms. The van der Waals surface area contributed by atoms with Crippen LogP contribution in [0, 0.1) is 0 Å². The molecule has 0 aliphatic rings. The molecule has 5 heavy (non-hydrogen) atoms. The predicted molar refractivity (Wildman–Crippen MR) is 17.1 cm³/mol. The van der Waals surface area contributed by atoms with E-state index in [1.165, 1.54) is 0 Å². The van der Waals surface area contributed by atoms with Gasteiger partial charge in [0.2, 0.25) is 0 Å². The molecule has 0 aliphatic heterocycles. The average molecular weight is 95.0 g/mol. The van der Waals surface area contributed by atoms with Crippen LogP contribution in [0.3, 0.4) is 0 Å². The van der Waals surface area contributed by atoms with Gasteiger partial charge < -0.3 is 0 Å². The lowest BCUT2D eigenvalue weighted by atomic mass is 13.6. The number of rotatable bonds is 1. The topological polar surface area (TPSA) is 78.3 Å². The molecule has 0 heterocycles. The maximum atomic E-state index is 9.39. The first-order valence-electron chi connectivity index (χ1n) is 0.859. The monoisotopic (exact) mass is 95.0 g/mol. The normalized spacial score (nSPS) is 11.2. The first kappa shape index (κ1) is 4.98. The lowest BCUT2D eigenvalue weighted by molar-refractivity contribution is 0.346. The van der Waals surface area contributed by atoms with E-state index in [4.69, 9.17) is 0 Å². The van der Waals surface area contributed by atoms with Crippen molar-refractivity contribution in [2.24, 2.45) is 11.4 Å². The minimum Gasteiger partial charge on any atom is -0.163 e. The van der Waals surface area contributed by atoms with E-state index < -0.39 is 8.18 Å². The Labute approximate surface area is 30.0 Å². The Hall–Kier alpha value is -0.0200. The molecule has 30 valence electrons. The SMILES string of the molecule is NO[P+](N)=O. The van der Waals surface area contributed by atoms with Crippen molar-refractivity contribution in [2.45, 2.75) is 0 Å². The van der Waals surface area contributed by atoms with E-state index in [9.17, 15) is 4.57 Å². The van der Waals surface area contributed by atoms with Gasteiger partial charge in [-0.3, -0.25) is 0 Å². The van der Waals surface area contributed by atoms with Crippen LogP contribution in [0.25, 0.3) is 0 Å². The third kappa shape index (κ3) is 3.98. The highest BCUT2D eigenvalue weighted by molar-refractivity contribution is 7.36. The highest BCUT2D eigenvalue weighted by Crippen LogP contribution is 2.00. The Morgan fingerprint density at radius 2 is 2.00 bits per heavy atom. The Morgan fingerprint density at radius 1 is 1.80 bits per heavy atom. The van der Waals surface area contributed by atoms with Crippen LogP contribution in [0.2, 0.25) is 0 Å². The molecule has 0 aromatic carbocycles. The first-order chi connectivity index (χ1) is 2.27. The fraction of sp³-hybridized carbons (Fsp3) is 0. The molecule has 1 atom stereocenters. The van der Waals surface area contributed by atoms with Crippen LogP contribution < -0.4 is 11.4 Å². The van der Waals surface area contributed by atoms with Gasteiger partial charge in [0, 0.05) is 0 Å². The molecule has 0 aromatic rings. The van der Waals surface area contributed by atoms with Crippen molar-refractivity contribution in [2.75, 3.05) is 0 Å². The molecule has 0 amide bonds. The second kappa shape index (κ2) is 2.23. The molecule has 4 nitrogen and oxygen atoms in total.